The Balaban J connectivity index is 0.000000468. The molecule has 5 aromatic rings. The van der Waals surface area contributed by atoms with Gasteiger partial charge in [-0.25, -0.2) is 0 Å². The molecule has 0 saturated carbocycles. The van der Waals surface area contributed by atoms with Gasteiger partial charge in [-0.1, -0.05) is 0 Å². The molecule has 201 valence electrons. The molecule has 1 radical (unpaired) electrons. The van der Waals surface area contributed by atoms with Crippen LogP contribution in [0, 0.1) is 6.07 Å². The average molecular weight is 758 g/mol. The van der Waals surface area contributed by atoms with Crippen LogP contribution in [0.25, 0.3) is 42.0 Å². The summed E-state index contributed by atoms with van der Waals surface area (Å²) in [6.07, 6.45) is 3.19. The molecule has 0 atom stereocenters. The van der Waals surface area contributed by atoms with Crippen LogP contribution in [0.15, 0.2) is 103 Å². The van der Waals surface area contributed by atoms with Crippen molar-refractivity contribution >= 4 is 29.9 Å². The van der Waals surface area contributed by atoms with Gasteiger partial charge in [-0.2, -0.15) is 0 Å². The van der Waals surface area contributed by atoms with Crippen molar-refractivity contribution in [1.82, 2.24) is 4.98 Å². The zero-order valence-corrected chi connectivity index (χ0v) is 26.9. The minimum atomic E-state index is -0.125. The molecular weight excluding hydrogens is 726 g/mol. The summed E-state index contributed by atoms with van der Waals surface area (Å²) in [4.78, 5) is 14.8. The topological polar surface area (TPSA) is 50.2 Å². The van der Waals surface area contributed by atoms with E-state index >= 15 is 0 Å². The monoisotopic (exact) mass is 759 g/mol. The smallest absolute Gasteiger partial charge is 0 e. The number of benzene rings is 3. The molecule has 2 aromatic heterocycles. The van der Waals surface area contributed by atoms with E-state index in [4.69, 9.17) is 10.1 Å². The quantitative estimate of drug-likeness (QED) is 0.0868. The summed E-state index contributed by atoms with van der Waals surface area (Å²) in [5, 5.41) is 9.61. The van der Waals surface area contributed by atoms with Crippen LogP contribution in [0.3, 0.4) is 0 Å². The molecule has 2 heterocycles. The first-order valence-corrected chi connectivity index (χ1v) is 14.3. The number of carbonyl (C=O) groups is 1. The van der Waals surface area contributed by atoms with Gasteiger partial charge in [-0.15, -0.1) is 0 Å². The van der Waals surface area contributed by atoms with Crippen molar-refractivity contribution in [3.05, 3.63) is 115 Å². The Kier molecular flexibility index (Phi) is 10.4. The second-order valence-electron chi connectivity index (χ2n) is 10.3. The molecule has 0 spiro atoms. The number of allylic oxidation sites excluding steroid dienone is 2. The second-order valence-corrected chi connectivity index (χ2v) is 12.6. The molecule has 0 amide bonds. The van der Waals surface area contributed by atoms with Crippen molar-refractivity contribution in [1.29, 1.82) is 0 Å². The maximum absolute atomic E-state index is 10.0. The normalized spacial score (nSPS) is 11.4. The van der Waals surface area contributed by atoms with Gasteiger partial charge in [0.2, 0.25) is 0 Å². The number of aromatic nitrogens is 1. The van der Waals surface area contributed by atoms with Crippen LogP contribution in [0.1, 0.15) is 40.2 Å². The number of pyridine rings is 1. The van der Waals surface area contributed by atoms with Crippen LogP contribution in [0.4, 0.5) is 0 Å². The van der Waals surface area contributed by atoms with Gasteiger partial charge < -0.3 is 5.11 Å². The largest absolute Gasteiger partial charge is 0 e. The van der Waals surface area contributed by atoms with Crippen LogP contribution < -0.4 is 0 Å². The van der Waals surface area contributed by atoms with E-state index in [2.05, 4.69) is 99.6 Å². The first-order chi connectivity index (χ1) is 18.1. The number of carbonyl (C=O) groups excluding carboxylic acids is 1. The number of hydrogen-bond donors (Lipinski definition) is 1. The third-order valence-electron chi connectivity index (χ3n) is 6.03. The van der Waals surface area contributed by atoms with Crippen molar-refractivity contribution in [3.8, 4) is 32.4 Å². The summed E-state index contributed by atoms with van der Waals surface area (Å²) in [6.45, 7) is 9.62. The van der Waals surface area contributed by atoms with E-state index in [-0.39, 0.29) is 51.6 Å². The van der Waals surface area contributed by atoms with Crippen molar-refractivity contribution in [2.24, 2.45) is 0 Å². The van der Waals surface area contributed by atoms with E-state index in [9.17, 15) is 4.79 Å². The summed E-state index contributed by atoms with van der Waals surface area (Å²) in [7, 11) is 0. The van der Waals surface area contributed by atoms with Gasteiger partial charge >= 0.3 is 190 Å². The number of fused-ring (bicyclic) bond motifs is 1. The molecule has 5 rings (SSSR count). The van der Waals surface area contributed by atoms with Gasteiger partial charge in [0.25, 0.3) is 0 Å². The number of ketones is 1. The number of aliphatic hydroxyl groups excluding tert-OH is 1. The van der Waals surface area contributed by atoms with Crippen LogP contribution >= 0.6 is 0 Å². The molecule has 1 N–H and O–H groups in total. The molecular formula is C34H32IrNO2Se-. The van der Waals surface area contributed by atoms with Gasteiger partial charge in [0, 0.05) is 26.2 Å². The van der Waals surface area contributed by atoms with Crippen LogP contribution in [-0.2, 0) is 30.3 Å². The van der Waals surface area contributed by atoms with Crippen LogP contribution in [-0.4, -0.2) is 30.4 Å². The number of rotatable bonds is 4. The fraction of sp³-hybridized carbons (Fsp3) is 0.176. The van der Waals surface area contributed by atoms with Crippen molar-refractivity contribution in [3.63, 3.8) is 0 Å². The molecule has 0 aliphatic rings. The molecule has 3 aromatic carbocycles. The molecule has 0 unspecified atom stereocenters. The van der Waals surface area contributed by atoms with Gasteiger partial charge in [-0.3, -0.25) is 4.79 Å². The fourth-order valence-electron chi connectivity index (χ4n) is 4.08. The molecule has 0 bridgehead atoms. The predicted octanol–water partition coefficient (Wildman–Crippen LogP) is 8.43. The third-order valence-corrected chi connectivity index (χ3v) is 8.44. The summed E-state index contributed by atoms with van der Waals surface area (Å²) in [6, 6.07) is 33.8. The van der Waals surface area contributed by atoms with E-state index in [1.54, 1.807) is 0 Å². The molecule has 0 aliphatic heterocycles. The van der Waals surface area contributed by atoms with E-state index in [1.165, 1.54) is 56.3 Å². The van der Waals surface area contributed by atoms with Crippen molar-refractivity contribution in [2.75, 3.05) is 0 Å². The van der Waals surface area contributed by atoms with Gasteiger partial charge in [-0.05, 0) is 13.8 Å². The number of hydrogen-bond acceptors (Lipinski definition) is 3. The minimum Gasteiger partial charge on any atom is 0 e. The Hall–Kier alpha value is -3.07. The second kappa shape index (κ2) is 13.3. The Morgan fingerprint density at radius 1 is 0.897 bits per heavy atom. The maximum Gasteiger partial charge on any atom is 0 e. The zero-order chi connectivity index (χ0) is 27.3. The van der Waals surface area contributed by atoms with E-state index in [0.29, 0.717) is 0 Å². The minimum absolute atomic E-state index is 0. The summed E-state index contributed by atoms with van der Waals surface area (Å²) in [5.74, 6) is -0.0625. The summed E-state index contributed by atoms with van der Waals surface area (Å²) in [5.41, 5.74) is 7.33. The van der Waals surface area contributed by atoms with E-state index < -0.39 is 0 Å². The van der Waals surface area contributed by atoms with Crippen molar-refractivity contribution < 1.29 is 30.0 Å². The molecule has 5 heteroatoms. The summed E-state index contributed by atoms with van der Waals surface area (Å²) < 4.78 is 2.81. The van der Waals surface area contributed by atoms with Gasteiger partial charge in [0.1, 0.15) is 0 Å². The molecule has 0 aliphatic carbocycles. The number of aliphatic hydroxyl groups is 1. The Morgan fingerprint density at radius 3 is 2.18 bits per heavy atom. The fourth-order valence-corrected chi connectivity index (χ4v) is 6.34. The summed E-state index contributed by atoms with van der Waals surface area (Å²) >= 11 is 0.285. The Labute approximate surface area is 250 Å². The van der Waals surface area contributed by atoms with Crippen LogP contribution in [0.5, 0.6) is 0 Å². The van der Waals surface area contributed by atoms with Gasteiger partial charge in [0.15, 0.2) is 5.78 Å². The first kappa shape index (κ1) is 30.5. The zero-order valence-electron chi connectivity index (χ0n) is 22.8. The Bertz CT molecular complexity index is 1580. The molecule has 3 nitrogen and oxygen atoms in total. The maximum atomic E-state index is 10.0. The van der Waals surface area contributed by atoms with Crippen molar-refractivity contribution in [2.45, 2.75) is 40.0 Å². The molecule has 0 saturated heterocycles. The van der Waals surface area contributed by atoms with E-state index in [1.807, 2.05) is 18.3 Å². The molecule has 39 heavy (non-hydrogen) atoms. The third kappa shape index (κ3) is 8.21. The standard InChI is InChI=1S/C29H24NSe.C5H8O2.Ir/c1-29(2,3)25-14-12-21(13-15-25)27-17-24-19-30-26(18-28(24)31-27)23-11-7-10-22(16-23)20-8-5-4-6-9-20;1-4(6)3-5(2)7;/h4-10,12-19H,1-3H3;3,6H,1-2H3;/q-1;;/b;4-3-;. The predicted molar refractivity (Wildman–Crippen MR) is 160 cm³/mol. The van der Waals surface area contributed by atoms with E-state index in [0.717, 1.165) is 11.3 Å². The Morgan fingerprint density at radius 2 is 1.59 bits per heavy atom. The first-order valence-electron chi connectivity index (χ1n) is 12.6. The van der Waals surface area contributed by atoms with Crippen LogP contribution in [0.2, 0.25) is 0 Å². The SMILES string of the molecule is CC(=O)/C=C(/C)O.CC(C)(C)c1ccc(-c2cc3cnc(-c4[c-]ccc(-c5ccccc5)c4)cc3[se]2)cc1.[Ir]. The number of nitrogens with zero attached hydrogens (tertiary/aromatic N) is 1. The average Bonchev–Trinajstić information content (AvgIpc) is 3.32. The molecule has 0 fully saturated rings. The van der Waals surface area contributed by atoms with Gasteiger partial charge in [0.05, 0.1) is 5.76 Å².